The van der Waals surface area contributed by atoms with Gasteiger partial charge in [-0.25, -0.2) is 4.48 Å². The summed E-state index contributed by atoms with van der Waals surface area (Å²) in [5.74, 6) is 0. The van der Waals surface area contributed by atoms with E-state index in [4.69, 9.17) is 0 Å². The van der Waals surface area contributed by atoms with Crippen molar-refractivity contribution in [1.29, 1.82) is 0 Å². The summed E-state index contributed by atoms with van der Waals surface area (Å²) in [6, 6.07) is 8.98. The van der Waals surface area contributed by atoms with E-state index in [9.17, 15) is 0 Å². The van der Waals surface area contributed by atoms with Gasteiger partial charge in [-0.3, -0.25) is 0 Å². The van der Waals surface area contributed by atoms with Crippen LogP contribution in [0.1, 0.15) is 25.8 Å². The summed E-state index contributed by atoms with van der Waals surface area (Å²) in [6.07, 6.45) is 3.69. The molecule has 1 aromatic carbocycles. The Kier molecular flexibility index (Phi) is 1.55. The SMILES string of the molecule is CCC1(C)C[N+]2(c3ccc(C)cc3)C=C12. The number of aryl methyl sites for hydroxylation is 1. The van der Waals surface area contributed by atoms with E-state index in [0.717, 1.165) is 4.48 Å². The predicted octanol–water partition coefficient (Wildman–Crippen LogP) is 3.59. The van der Waals surface area contributed by atoms with Gasteiger partial charge >= 0.3 is 0 Å². The highest BCUT2D eigenvalue weighted by molar-refractivity contribution is 5.66. The average Bonchev–Trinajstić information content (AvgIpc) is 2.87. The molecule has 0 N–H and O–H groups in total. The van der Waals surface area contributed by atoms with Crippen molar-refractivity contribution in [2.24, 2.45) is 5.41 Å². The van der Waals surface area contributed by atoms with Gasteiger partial charge in [-0.2, -0.15) is 0 Å². The third-order valence-electron chi connectivity index (χ3n) is 4.20. The average molecular weight is 200 g/mol. The highest BCUT2D eigenvalue weighted by Crippen LogP contribution is 2.62. The van der Waals surface area contributed by atoms with Gasteiger partial charge < -0.3 is 0 Å². The highest BCUT2D eigenvalue weighted by atomic mass is 15.5. The molecule has 0 bridgehead atoms. The Morgan fingerprint density at radius 1 is 1.27 bits per heavy atom. The monoisotopic (exact) mass is 200 g/mol. The maximum atomic E-state index is 2.42. The molecule has 2 aliphatic heterocycles. The smallest absolute Gasteiger partial charge is 0.185 e. The first-order valence-corrected chi connectivity index (χ1v) is 5.80. The second kappa shape index (κ2) is 2.53. The zero-order valence-electron chi connectivity index (χ0n) is 9.75. The zero-order chi connectivity index (χ0) is 10.7. The van der Waals surface area contributed by atoms with E-state index in [0.29, 0.717) is 5.41 Å². The van der Waals surface area contributed by atoms with Crippen LogP contribution in [-0.2, 0) is 0 Å². The molecule has 1 saturated heterocycles. The van der Waals surface area contributed by atoms with Crippen LogP contribution in [0.4, 0.5) is 5.69 Å². The normalized spacial score (nSPS) is 36.6. The van der Waals surface area contributed by atoms with Crippen LogP contribution in [0, 0.1) is 12.3 Å². The second-order valence-electron chi connectivity index (χ2n) is 5.29. The fourth-order valence-electron chi connectivity index (χ4n) is 2.90. The standard InChI is InChI=1S/C14H18N/c1-4-14(3)10-15(9-13(14)15)12-7-5-11(2)6-8-12/h5-9H,4,10H2,1-3H3/q+1. The first kappa shape index (κ1) is 9.17. The van der Waals surface area contributed by atoms with Crippen molar-refractivity contribution in [3.63, 3.8) is 0 Å². The molecule has 2 atom stereocenters. The number of nitrogens with zero attached hydrogens (tertiary/aromatic N) is 1. The molecule has 2 heterocycles. The lowest BCUT2D eigenvalue weighted by molar-refractivity contribution is 0.205. The lowest BCUT2D eigenvalue weighted by Gasteiger charge is -2.41. The van der Waals surface area contributed by atoms with E-state index >= 15 is 0 Å². The topological polar surface area (TPSA) is 0 Å². The molecule has 1 nitrogen and oxygen atoms in total. The number of hydrogen-bond donors (Lipinski definition) is 0. The molecule has 15 heavy (non-hydrogen) atoms. The highest BCUT2D eigenvalue weighted by Gasteiger charge is 2.69. The molecule has 2 unspecified atom stereocenters. The van der Waals surface area contributed by atoms with E-state index < -0.39 is 0 Å². The van der Waals surface area contributed by atoms with Crippen LogP contribution in [0.25, 0.3) is 0 Å². The Morgan fingerprint density at radius 2 is 1.93 bits per heavy atom. The largest absolute Gasteiger partial charge is 0.225 e. The van der Waals surface area contributed by atoms with Crippen molar-refractivity contribution in [2.45, 2.75) is 27.2 Å². The van der Waals surface area contributed by atoms with Crippen molar-refractivity contribution < 1.29 is 0 Å². The Morgan fingerprint density at radius 3 is 2.47 bits per heavy atom. The van der Waals surface area contributed by atoms with Crippen molar-refractivity contribution in [1.82, 2.24) is 4.48 Å². The number of quaternary nitrogens is 1. The minimum absolute atomic E-state index is 0.491. The summed E-state index contributed by atoms with van der Waals surface area (Å²) in [5, 5.41) is 0. The second-order valence-corrected chi connectivity index (χ2v) is 5.29. The minimum atomic E-state index is 0.491. The van der Waals surface area contributed by atoms with Gasteiger partial charge in [0.2, 0.25) is 0 Å². The van der Waals surface area contributed by atoms with Crippen molar-refractivity contribution in [3.05, 3.63) is 41.7 Å². The van der Waals surface area contributed by atoms with Crippen molar-refractivity contribution in [3.8, 4) is 0 Å². The molecule has 0 saturated carbocycles. The molecular weight excluding hydrogens is 182 g/mol. The lowest BCUT2D eigenvalue weighted by atomic mass is 9.79. The molecule has 3 rings (SSSR count). The number of benzene rings is 1. The van der Waals surface area contributed by atoms with Crippen LogP contribution in [0.15, 0.2) is 36.2 Å². The third kappa shape index (κ3) is 1.02. The summed E-state index contributed by atoms with van der Waals surface area (Å²) in [4.78, 5) is 0. The molecule has 78 valence electrons. The van der Waals surface area contributed by atoms with Gasteiger partial charge in [0, 0.05) is 12.1 Å². The molecule has 0 amide bonds. The van der Waals surface area contributed by atoms with Crippen molar-refractivity contribution in [2.75, 3.05) is 6.54 Å². The fourth-order valence-corrected chi connectivity index (χ4v) is 2.90. The van der Waals surface area contributed by atoms with Gasteiger partial charge in [0.1, 0.15) is 12.2 Å². The lowest BCUT2D eigenvalue weighted by Crippen LogP contribution is -2.52. The fraction of sp³-hybridized carbons (Fsp3) is 0.429. The summed E-state index contributed by atoms with van der Waals surface area (Å²) >= 11 is 0. The predicted molar refractivity (Wildman–Crippen MR) is 64.3 cm³/mol. The summed E-state index contributed by atoms with van der Waals surface area (Å²) < 4.78 is 1.07. The van der Waals surface area contributed by atoms with Crippen LogP contribution in [0.3, 0.4) is 0 Å². The van der Waals surface area contributed by atoms with E-state index in [1.54, 1.807) is 5.70 Å². The number of rotatable bonds is 2. The van der Waals surface area contributed by atoms with Gasteiger partial charge in [0.05, 0.1) is 5.41 Å². The van der Waals surface area contributed by atoms with Crippen LogP contribution in [-0.4, -0.2) is 6.54 Å². The molecule has 0 spiro atoms. The quantitative estimate of drug-likeness (QED) is 0.640. The maximum Gasteiger partial charge on any atom is 0.185 e. The molecule has 0 aromatic heterocycles. The van der Waals surface area contributed by atoms with Crippen LogP contribution < -0.4 is 4.48 Å². The van der Waals surface area contributed by atoms with E-state index in [-0.39, 0.29) is 0 Å². The Bertz CT molecular complexity index is 443. The van der Waals surface area contributed by atoms with Crippen LogP contribution in [0.5, 0.6) is 0 Å². The van der Waals surface area contributed by atoms with Crippen molar-refractivity contribution >= 4 is 5.69 Å². The molecule has 1 heteroatoms. The Balaban J connectivity index is 1.87. The molecule has 2 aliphatic rings. The minimum Gasteiger partial charge on any atom is -0.225 e. The summed E-state index contributed by atoms with van der Waals surface area (Å²) in [7, 11) is 0. The van der Waals surface area contributed by atoms with Gasteiger partial charge in [0.25, 0.3) is 0 Å². The number of hydrogen-bond acceptors (Lipinski definition) is 0. The van der Waals surface area contributed by atoms with E-state index in [2.05, 4.69) is 51.2 Å². The molecule has 0 aliphatic carbocycles. The molecular formula is C14H18N+. The van der Waals surface area contributed by atoms with Crippen LogP contribution in [0.2, 0.25) is 0 Å². The molecule has 1 aromatic rings. The van der Waals surface area contributed by atoms with Gasteiger partial charge in [-0.05, 0) is 20.3 Å². The summed E-state index contributed by atoms with van der Waals surface area (Å²) in [6.45, 7) is 8.09. The molecule has 0 radical (unpaired) electrons. The van der Waals surface area contributed by atoms with E-state index in [1.807, 2.05) is 0 Å². The van der Waals surface area contributed by atoms with Gasteiger partial charge in [0.15, 0.2) is 11.9 Å². The Labute approximate surface area is 91.6 Å². The van der Waals surface area contributed by atoms with E-state index in [1.165, 1.54) is 24.2 Å². The van der Waals surface area contributed by atoms with Gasteiger partial charge in [-0.1, -0.05) is 24.6 Å². The summed E-state index contributed by atoms with van der Waals surface area (Å²) in [5.41, 5.74) is 4.92. The number of fused-ring (bicyclic) bond motifs is 1. The Hall–Kier alpha value is -1.08. The first-order valence-electron chi connectivity index (χ1n) is 5.80. The zero-order valence-corrected chi connectivity index (χ0v) is 9.75. The first-order chi connectivity index (χ1) is 7.11. The van der Waals surface area contributed by atoms with Crippen LogP contribution >= 0.6 is 0 Å². The maximum absolute atomic E-state index is 2.42. The van der Waals surface area contributed by atoms with Gasteiger partial charge in [-0.15, -0.1) is 0 Å². The molecule has 1 fully saturated rings. The third-order valence-corrected chi connectivity index (χ3v) is 4.20.